The molecule has 1 fully saturated rings. The topological polar surface area (TPSA) is 75.0 Å². The zero-order chi connectivity index (χ0) is 9.80. The van der Waals surface area contributed by atoms with Crippen molar-refractivity contribution in [3.8, 4) is 0 Å². The van der Waals surface area contributed by atoms with E-state index in [0.29, 0.717) is 5.92 Å². The maximum atomic E-state index is 5.82. The lowest BCUT2D eigenvalue weighted by molar-refractivity contribution is 0.488. The number of aromatic nitrogens is 1. The Morgan fingerprint density at radius 2 is 2.29 bits per heavy atom. The third-order valence-corrected chi connectivity index (χ3v) is 2.39. The van der Waals surface area contributed by atoms with Crippen LogP contribution in [0.3, 0.4) is 0 Å². The van der Waals surface area contributed by atoms with E-state index in [9.17, 15) is 0 Å². The fourth-order valence-corrected chi connectivity index (χ4v) is 1.47. The molecule has 0 aliphatic carbocycles. The number of pyridine rings is 1. The van der Waals surface area contributed by atoms with Crippen LogP contribution in [0, 0.1) is 5.92 Å². The first-order valence-corrected chi connectivity index (χ1v) is 4.74. The van der Waals surface area contributed by atoms with Crippen LogP contribution < -0.4 is 21.9 Å². The van der Waals surface area contributed by atoms with Gasteiger partial charge in [-0.15, -0.1) is 0 Å². The van der Waals surface area contributed by atoms with E-state index in [0.717, 1.165) is 18.8 Å². The summed E-state index contributed by atoms with van der Waals surface area (Å²) in [5.74, 6) is 0.420. The molecule has 2 atom stereocenters. The van der Waals surface area contributed by atoms with Crippen LogP contribution >= 0.6 is 0 Å². The smallest absolute Gasteiger partial charge is 0.0737 e. The van der Waals surface area contributed by atoms with Gasteiger partial charge in [-0.1, -0.05) is 0 Å². The molecule has 0 bridgehead atoms. The van der Waals surface area contributed by atoms with Crippen molar-refractivity contribution in [3.05, 3.63) is 24.5 Å². The van der Waals surface area contributed by atoms with Crippen LogP contribution in [-0.2, 0) is 0 Å². The number of anilines is 1. The van der Waals surface area contributed by atoms with Gasteiger partial charge < -0.3 is 11.1 Å². The van der Waals surface area contributed by atoms with Gasteiger partial charge in [0.2, 0.25) is 0 Å². The van der Waals surface area contributed by atoms with Crippen molar-refractivity contribution < 1.29 is 0 Å². The first kappa shape index (κ1) is 9.39. The average molecular weight is 193 g/mol. The van der Waals surface area contributed by atoms with E-state index in [1.807, 2.05) is 12.1 Å². The summed E-state index contributed by atoms with van der Waals surface area (Å²) in [7, 11) is 0. The highest BCUT2D eigenvalue weighted by Crippen LogP contribution is 2.07. The Morgan fingerprint density at radius 1 is 1.50 bits per heavy atom. The summed E-state index contributed by atoms with van der Waals surface area (Å²) in [6.07, 6.45) is 3.57. The predicted octanol–water partition coefficient (Wildman–Crippen LogP) is -0.498. The van der Waals surface area contributed by atoms with Crippen LogP contribution in [0.25, 0.3) is 0 Å². The molecule has 0 spiro atoms. The molecule has 0 saturated carbocycles. The van der Waals surface area contributed by atoms with Crippen LogP contribution in [0.1, 0.15) is 0 Å². The van der Waals surface area contributed by atoms with E-state index in [1.165, 1.54) is 0 Å². The monoisotopic (exact) mass is 193 g/mol. The highest BCUT2D eigenvalue weighted by molar-refractivity contribution is 5.40. The third kappa shape index (κ3) is 2.20. The second-order valence-corrected chi connectivity index (χ2v) is 3.43. The standard InChI is InChI=1S/C9H15N5/c10-9-7(6-13-14-9)5-12-8-1-3-11-4-2-8/h1-4,7,9,13-14H,5-6,10H2,(H,11,12). The number of hydrogen-bond acceptors (Lipinski definition) is 5. The third-order valence-electron chi connectivity index (χ3n) is 2.39. The molecule has 0 aromatic carbocycles. The summed E-state index contributed by atoms with van der Waals surface area (Å²) in [5.41, 5.74) is 12.9. The summed E-state index contributed by atoms with van der Waals surface area (Å²) in [4.78, 5) is 3.95. The molecule has 5 N–H and O–H groups in total. The van der Waals surface area contributed by atoms with E-state index in [4.69, 9.17) is 5.73 Å². The molecule has 5 heteroatoms. The number of nitrogens with zero attached hydrogens (tertiary/aromatic N) is 1. The second kappa shape index (κ2) is 4.36. The van der Waals surface area contributed by atoms with Crippen molar-refractivity contribution in [3.63, 3.8) is 0 Å². The Morgan fingerprint density at radius 3 is 2.93 bits per heavy atom. The van der Waals surface area contributed by atoms with Crippen LogP contribution in [0.2, 0.25) is 0 Å². The molecule has 1 aromatic heterocycles. The largest absolute Gasteiger partial charge is 0.385 e. The molecular weight excluding hydrogens is 178 g/mol. The lowest BCUT2D eigenvalue weighted by Crippen LogP contribution is -2.40. The molecule has 2 unspecified atom stereocenters. The summed E-state index contributed by atoms with van der Waals surface area (Å²) < 4.78 is 0. The van der Waals surface area contributed by atoms with Crippen LogP contribution in [0.15, 0.2) is 24.5 Å². The Hall–Kier alpha value is -1.17. The van der Waals surface area contributed by atoms with Crippen molar-refractivity contribution in [2.75, 3.05) is 18.4 Å². The Bertz CT molecular complexity index is 276. The van der Waals surface area contributed by atoms with E-state index in [1.54, 1.807) is 12.4 Å². The van der Waals surface area contributed by atoms with Gasteiger partial charge in [0.25, 0.3) is 0 Å². The zero-order valence-electron chi connectivity index (χ0n) is 7.90. The van der Waals surface area contributed by atoms with Crippen molar-refractivity contribution in [1.29, 1.82) is 0 Å². The quantitative estimate of drug-likeness (QED) is 0.521. The fraction of sp³-hybridized carbons (Fsp3) is 0.444. The molecule has 1 aliphatic heterocycles. The predicted molar refractivity (Wildman–Crippen MR) is 55.3 cm³/mol. The number of rotatable bonds is 3. The van der Waals surface area contributed by atoms with E-state index < -0.39 is 0 Å². The Kier molecular flexibility index (Phi) is 2.93. The number of nitrogens with one attached hydrogen (secondary N) is 3. The van der Waals surface area contributed by atoms with Crippen LogP contribution in [-0.4, -0.2) is 24.2 Å². The Balaban J connectivity index is 1.82. The first-order valence-electron chi connectivity index (χ1n) is 4.74. The SMILES string of the molecule is NC1NNCC1CNc1ccncc1. The van der Waals surface area contributed by atoms with E-state index in [-0.39, 0.29) is 6.17 Å². The van der Waals surface area contributed by atoms with Crippen LogP contribution in [0.4, 0.5) is 5.69 Å². The van der Waals surface area contributed by atoms with Gasteiger partial charge in [-0.25, -0.2) is 5.43 Å². The molecule has 1 aromatic rings. The molecule has 0 radical (unpaired) electrons. The van der Waals surface area contributed by atoms with Gasteiger partial charge in [-0.05, 0) is 12.1 Å². The highest BCUT2D eigenvalue weighted by Gasteiger charge is 2.22. The zero-order valence-corrected chi connectivity index (χ0v) is 7.90. The molecule has 14 heavy (non-hydrogen) atoms. The lowest BCUT2D eigenvalue weighted by Gasteiger charge is -2.14. The van der Waals surface area contributed by atoms with Gasteiger partial charge in [-0.2, -0.15) is 0 Å². The maximum Gasteiger partial charge on any atom is 0.0737 e. The van der Waals surface area contributed by atoms with E-state index >= 15 is 0 Å². The molecule has 2 heterocycles. The molecule has 1 aliphatic rings. The molecule has 2 rings (SSSR count). The average Bonchev–Trinajstić information content (AvgIpc) is 2.63. The fourth-order valence-electron chi connectivity index (χ4n) is 1.47. The van der Waals surface area contributed by atoms with E-state index in [2.05, 4.69) is 21.2 Å². The van der Waals surface area contributed by atoms with Crippen molar-refractivity contribution >= 4 is 5.69 Å². The summed E-state index contributed by atoms with van der Waals surface area (Å²) in [6.45, 7) is 1.77. The second-order valence-electron chi connectivity index (χ2n) is 3.43. The summed E-state index contributed by atoms with van der Waals surface area (Å²) >= 11 is 0. The summed E-state index contributed by atoms with van der Waals surface area (Å²) in [5, 5.41) is 3.32. The molecule has 5 nitrogen and oxygen atoms in total. The number of nitrogens with two attached hydrogens (primary N) is 1. The summed E-state index contributed by atoms with van der Waals surface area (Å²) in [6, 6.07) is 3.89. The highest BCUT2D eigenvalue weighted by atomic mass is 15.4. The van der Waals surface area contributed by atoms with Crippen molar-refractivity contribution in [2.45, 2.75) is 6.17 Å². The number of hydrazine groups is 1. The first-order chi connectivity index (χ1) is 6.86. The van der Waals surface area contributed by atoms with Crippen LogP contribution in [0.5, 0.6) is 0 Å². The normalized spacial score (nSPS) is 26.4. The minimum Gasteiger partial charge on any atom is -0.385 e. The molecule has 1 saturated heterocycles. The van der Waals surface area contributed by atoms with Gasteiger partial charge in [0.15, 0.2) is 0 Å². The van der Waals surface area contributed by atoms with Gasteiger partial charge in [-0.3, -0.25) is 10.4 Å². The Labute approximate surface area is 83.1 Å². The van der Waals surface area contributed by atoms with Gasteiger partial charge in [0.05, 0.1) is 6.17 Å². The number of hydrogen-bond donors (Lipinski definition) is 4. The molecule has 0 amide bonds. The van der Waals surface area contributed by atoms with Crippen molar-refractivity contribution in [2.24, 2.45) is 11.7 Å². The van der Waals surface area contributed by atoms with Gasteiger partial charge in [0.1, 0.15) is 0 Å². The minimum absolute atomic E-state index is 0.0318. The minimum atomic E-state index is 0.0318. The van der Waals surface area contributed by atoms with Crippen molar-refractivity contribution in [1.82, 2.24) is 15.8 Å². The van der Waals surface area contributed by atoms with Gasteiger partial charge in [0, 0.05) is 37.1 Å². The van der Waals surface area contributed by atoms with Gasteiger partial charge >= 0.3 is 0 Å². The lowest BCUT2D eigenvalue weighted by atomic mass is 10.1. The molecule has 76 valence electrons. The maximum absolute atomic E-state index is 5.82. The molecular formula is C9H15N5.